The van der Waals surface area contributed by atoms with E-state index in [1.165, 1.54) is 31.2 Å². The van der Waals surface area contributed by atoms with Gasteiger partial charge in [-0.2, -0.15) is 0 Å². The maximum Gasteiger partial charge on any atom is 0.338 e. The molecule has 0 heterocycles. The smallest absolute Gasteiger partial charge is 0.338 e. The lowest BCUT2D eigenvalue weighted by molar-refractivity contribution is -0.119. The number of rotatable bonds is 7. The Kier molecular flexibility index (Phi) is 6.31. The van der Waals surface area contributed by atoms with Crippen LogP contribution in [0.5, 0.6) is 5.75 Å². The van der Waals surface area contributed by atoms with Crippen molar-refractivity contribution in [3.05, 3.63) is 65.5 Å². The minimum absolute atomic E-state index is 0.0872. The first-order chi connectivity index (χ1) is 11.5. The van der Waals surface area contributed by atoms with Crippen LogP contribution in [0.1, 0.15) is 22.8 Å². The largest absolute Gasteiger partial charge is 0.490 e. The van der Waals surface area contributed by atoms with Crippen molar-refractivity contribution in [2.45, 2.75) is 13.5 Å². The lowest BCUT2D eigenvalue weighted by atomic mass is 10.1. The van der Waals surface area contributed by atoms with Crippen LogP contribution in [0.2, 0.25) is 0 Å². The molecule has 0 saturated heterocycles. The van der Waals surface area contributed by atoms with Gasteiger partial charge in [0.2, 0.25) is 5.91 Å². The summed E-state index contributed by atoms with van der Waals surface area (Å²) in [6, 6.07) is 12.4. The first-order valence-corrected chi connectivity index (χ1v) is 7.43. The Morgan fingerprint density at radius 3 is 2.29 bits per heavy atom. The number of esters is 1. The molecule has 0 unspecified atom stereocenters. The van der Waals surface area contributed by atoms with Crippen LogP contribution in [0, 0.1) is 5.82 Å². The summed E-state index contributed by atoms with van der Waals surface area (Å²) in [5.41, 5.74) is 1.31. The Morgan fingerprint density at radius 2 is 1.67 bits per heavy atom. The fourth-order valence-corrected chi connectivity index (χ4v) is 1.89. The van der Waals surface area contributed by atoms with E-state index in [4.69, 9.17) is 9.47 Å². The molecule has 0 atom stereocenters. The van der Waals surface area contributed by atoms with Gasteiger partial charge >= 0.3 is 5.97 Å². The van der Waals surface area contributed by atoms with Crippen LogP contribution in [0.25, 0.3) is 0 Å². The van der Waals surface area contributed by atoms with E-state index in [-0.39, 0.29) is 24.9 Å². The van der Waals surface area contributed by atoms with E-state index in [1.807, 2.05) is 0 Å². The van der Waals surface area contributed by atoms with Crippen LogP contribution in [0.15, 0.2) is 48.5 Å². The number of halogens is 1. The van der Waals surface area contributed by atoms with Gasteiger partial charge in [0.1, 0.15) is 24.8 Å². The molecule has 0 aromatic heterocycles. The summed E-state index contributed by atoms with van der Waals surface area (Å²) in [4.78, 5) is 22.7. The van der Waals surface area contributed by atoms with Crippen molar-refractivity contribution in [3.63, 3.8) is 0 Å². The zero-order valence-electron chi connectivity index (χ0n) is 13.3. The Morgan fingerprint density at radius 1 is 1.00 bits per heavy atom. The minimum atomic E-state index is -0.455. The van der Waals surface area contributed by atoms with Gasteiger partial charge in [0.05, 0.1) is 5.56 Å². The second-order valence-electron chi connectivity index (χ2n) is 5.04. The predicted molar refractivity (Wildman–Crippen MR) is 86.1 cm³/mol. The lowest BCUT2D eigenvalue weighted by Crippen LogP contribution is -2.19. The highest BCUT2D eigenvalue weighted by molar-refractivity contribution is 5.89. The molecule has 1 amide bonds. The molecule has 24 heavy (non-hydrogen) atoms. The molecule has 1 N–H and O–H groups in total. The number of ether oxygens (including phenoxy) is 2. The number of carbonyl (C=O) groups is 2. The quantitative estimate of drug-likeness (QED) is 0.626. The molecular formula is C18H18FNO4. The van der Waals surface area contributed by atoms with Crippen LogP contribution in [0.4, 0.5) is 4.39 Å². The molecule has 5 nitrogen and oxygen atoms in total. The molecule has 0 fully saturated rings. The molecule has 0 aliphatic heterocycles. The topological polar surface area (TPSA) is 64.6 Å². The fourth-order valence-electron chi connectivity index (χ4n) is 1.89. The molecule has 0 aliphatic rings. The highest BCUT2D eigenvalue weighted by Gasteiger charge is 2.07. The Bertz CT molecular complexity index is 683. The SMILES string of the molecule is CC(=O)NCc1ccc(C(=O)OCCOc2ccc(F)cc2)cc1. The number of hydrogen-bond acceptors (Lipinski definition) is 4. The van der Waals surface area contributed by atoms with Crippen molar-refractivity contribution < 1.29 is 23.5 Å². The average Bonchev–Trinajstić information content (AvgIpc) is 2.58. The summed E-state index contributed by atoms with van der Waals surface area (Å²) >= 11 is 0. The number of carbonyl (C=O) groups excluding carboxylic acids is 2. The van der Waals surface area contributed by atoms with E-state index in [2.05, 4.69) is 5.32 Å². The molecular weight excluding hydrogens is 313 g/mol. The van der Waals surface area contributed by atoms with E-state index < -0.39 is 5.97 Å². The molecule has 0 saturated carbocycles. The van der Waals surface area contributed by atoms with Gasteiger partial charge in [-0.3, -0.25) is 4.79 Å². The van der Waals surface area contributed by atoms with Crippen LogP contribution in [0.3, 0.4) is 0 Å². The second kappa shape index (κ2) is 8.67. The monoisotopic (exact) mass is 331 g/mol. The number of benzene rings is 2. The standard InChI is InChI=1S/C18H18FNO4/c1-13(21)20-12-14-2-4-15(5-3-14)18(22)24-11-10-23-17-8-6-16(19)7-9-17/h2-9H,10-12H2,1H3,(H,20,21). The molecule has 2 aromatic carbocycles. The first-order valence-electron chi connectivity index (χ1n) is 7.43. The average molecular weight is 331 g/mol. The van der Waals surface area contributed by atoms with Gasteiger partial charge in [0.25, 0.3) is 0 Å². The highest BCUT2D eigenvalue weighted by Crippen LogP contribution is 2.11. The fraction of sp³-hybridized carbons (Fsp3) is 0.222. The normalized spacial score (nSPS) is 10.1. The summed E-state index contributed by atoms with van der Waals surface area (Å²) < 4.78 is 23.2. The van der Waals surface area contributed by atoms with E-state index in [0.717, 1.165) is 5.56 Å². The Balaban J connectivity index is 1.73. The zero-order valence-corrected chi connectivity index (χ0v) is 13.3. The summed E-state index contributed by atoms with van der Waals surface area (Å²) in [5, 5.41) is 2.68. The number of nitrogens with one attached hydrogen (secondary N) is 1. The molecule has 2 rings (SSSR count). The molecule has 0 radical (unpaired) electrons. The third-order valence-electron chi connectivity index (χ3n) is 3.13. The first kappa shape index (κ1) is 17.5. The Labute approximate surface area is 139 Å². The number of amides is 1. The number of hydrogen-bond donors (Lipinski definition) is 1. The second-order valence-corrected chi connectivity index (χ2v) is 5.04. The van der Waals surface area contributed by atoms with Gasteiger partial charge in [-0.25, -0.2) is 9.18 Å². The molecule has 0 aliphatic carbocycles. The minimum Gasteiger partial charge on any atom is -0.490 e. The molecule has 2 aromatic rings. The van der Waals surface area contributed by atoms with Crippen LogP contribution >= 0.6 is 0 Å². The third-order valence-corrected chi connectivity index (χ3v) is 3.13. The summed E-state index contributed by atoms with van der Waals surface area (Å²) in [6.07, 6.45) is 0. The van der Waals surface area contributed by atoms with Gasteiger partial charge in [-0.05, 0) is 42.0 Å². The lowest BCUT2D eigenvalue weighted by Gasteiger charge is -2.08. The summed E-state index contributed by atoms with van der Waals surface area (Å²) in [7, 11) is 0. The van der Waals surface area contributed by atoms with Crippen molar-refractivity contribution in [1.29, 1.82) is 0 Å². The van der Waals surface area contributed by atoms with Gasteiger partial charge in [-0.15, -0.1) is 0 Å². The maximum absolute atomic E-state index is 12.7. The van der Waals surface area contributed by atoms with Gasteiger partial charge in [0, 0.05) is 13.5 Å². The molecule has 126 valence electrons. The van der Waals surface area contributed by atoms with Crippen LogP contribution in [-0.4, -0.2) is 25.1 Å². The maximum atomic E-state index is 12.7. The van der Waals surface area contributed by atoms with Crippen molar-refractivity contribution >= 4 is 11.9 Å². The van der Waals surface area contributed by atoms with E-state index in [9.17, 15) is 14.0 Å². The van der Waals surface area contributed by atoms with Crippen molar-refractivity contribution in [3.8, 4) is 5.75 Å². The van der Waals surface area contributed by atoms with Crippen LogP contribution < -0.4 is 10.1 Å². The summed E-state index contributed by atoms with van der Waals surface area (Å²) in [6.45, 7) is 2.12. The van der Waals surface area contributed by atoms with E-state index in [1.54, 1.807) is 24.3 Å². The predicted octanol–water partition coefficient (Wildman–Crippen LogP) is 2.70. The molecule has 6 heteroatoms. The van der Waals surface area contributed by atoms with Gasteiger partial charge in [0.15, 0.2) is 0 Å². The molecule has 0 spiro atoms. The van der Waals surface area contributed by atoms with E-state index in [0.29, 0.717) is 17.9 Å². The van der Waals surface area contributed by atoms with Crippen molar-refractivity contribution in [2.75, 3.05) is 13.2 Å². The zero-order chi connectivity index (χ0) is 17.4. The Hall–Kier alpha value is -2.89. The molecule has 0 bridgehead atoms. The van der Waals surface area contributed by atoms with E-state index >= 15 is 0 Å². The van der Waals surface area contributed by atoms with Crippen molar-refractivity contribution in [1.82, 2.24) is 5.32 Å². The van der Waals surface area contributed by atoms with Gasteiger partial charge < -0.3 is 14.8 Å². The summed E-state index contributed by atoms with van der Waals surface area (Å²) in [5.74, 6) is -0.395. The van der Waals surface area contributed by atoms with Crippen molar-refractivity contribution in [2.24, 2.45) is 0 Å². The van der Waals surface area contributed by atoms with Crippen LogP contribution in [-0.2, 0) is 16.1 Å². The third kappa shape index (κ3) is 5.72. The highest BCUT2D eigenvalue weighted by atomic mass is 19.1. The van der Waals surface area contributed by atoms with Gasteiger partial charge in [-0.1, -0.05) is 12.1 Å².